The second-order valence-electron chi connectivity index (χ2n) is 6.99. The van der Waals surface area contributed by atoms with E-state index in [1.165, 1.54) is 11.8 Å². The SMILES string of the molecule is C[C@@]1(c2ccccc2)C[C@H]1C(=O)N/N=C\c1c(O)ccc2ccccc12. The fourth-order valence-electron chi connectivity index (χ4n) is 3.54. The number of phenols is 1. The van der Waals surface area contributed by atoms with E-state index in [9.17, 15) is 9.90 Å². The first-order valence-electron chi connectivity index (χ1n) is 8.69. The number of nitrogens with one attached hydrogen (secondary N) is 1. The molecule has 0 radical (unpaired) electrons. The van der Waals surface area contributed by atoms with Gasteiger partial charge in [0, 0.05) is 11.0 Å². The van der Waals surface area contributed by atoms with E-state index in [4.69, 9.17) is 0 Å². The summed E-state index contributed by atoms with van der Waals surface area (Å²) in [7, 11) is 0. The molecule has 0 bridgehead atoms. The zero-order chi connectivity index (χ0) is 18.1. The molecule has 0 aliphatic heterocycles. The first-order valence-corrected chi connectivity index (χ1v) is 8.69. The standard InChI is InChI=1S/C22H20N2O2/c1-22(16-8-3-2-4-9-16)13-19(22)21(26)24-23-14-18-17-10-6-5-7-15(17)11-12-20(18)25/h2-12,14,19,25H,13H2,1H3,(H,24,26)/b23-14-/t19-,22-/m0/s1. The number of aromatic hydroxyl groups is 1. The van der Waals surface area contributed by atoms with Crippen molar-refractivity contribution in [2.75, 3.05) is 0 Å². The van der Waals surface area contributed by atoms with Crippen LogP contribution < -0.4 is 5.43 Å². The lowest BCUT2D eigenvalue weighted by Gasteiger charge is -2.10. The summed E-state index contributed by atoms with van der Waals surface area (Å²) < 4.78 is 0. The Morgan fingerprint density at radius 3 is 2.65 bits per heavy atom. The van der Waals surface area contributed by atoms with Gasteiger partial charge in [-0.15, -0.1) is 0 Å². The molecule has 1 saturated carbocycles. The van der Waals surface area contributed by atoms with Crippen LogP contribution in [0, 0.1) is 5.92 Å². The molecule has 2 N–H and O–H groups in total. The van der Waals surface area contributed by atoms with Gasteiger partial charge in [0.2, 0.25) is 5.91 Å². The number of nitrogens with zero attached hydrogens (tertiary/aromatic N) is 1. The Morgan fingerprint density at radius 1 is 1.12 bits per heavy atom. The Bertz CT molecular complexity index is 997. The maximum absolute atomic E-state index is 12.4. The third-order valence-corrected chi connectivity index (χ3v) is 5.30. The summed E-state index contributed by atoms with van der Waals surface area (Å²) in [4.78, 5) is 12.4. The van der Waals surface area contributed by atoms with E-state index >= 15 is 0 Å². The van der Waals surface area contributed by atoms with Gasteiger partial charge in [0.25, 0.3) is 0 Å². The number of carbonyl (C=O) groups excluding carboxylic acids is 1. The molecule has 26 heavy (non-hydrogen) atoms. The molecular formula is C22H20N2O2. The molecule has 1 aliphatic rings. The highest BCUT2D eigenvalue weighted by atomic mass is 16.3. The maximum atomic E-state index is 12.4. The van der Waals surface area contributed by atoms with Crippen LogP contribution in [0.25, 0.3) is 10.8 Å². The Balaban J connectivity index is 1.49. The van der Waals surface area contributed by atoms with Crippen LogP contribution in [-0.2, 0) is 10.2 Å². The minimum absolute atomic E-state index is 0.0804. The van der Waals surface area contributed by atoms with Crippen LogP contribution in [0.15, 0.2) is 71.8 Å². The first kappa shape index (κ1) is 16.3. The van der Waals surface area contributed by atoms with Crippen LogP contribution in [0.2, 0.25) is 0 Å². The van der Waals surface area contributed by atoms with Gasteiger partial charge in [0.05, 0.1) is 12.1 Å². The lowest BCUT2D eigenvalue weighted by Crippen LogP contribution is -2.23. The average molecular weight is 344 g/mol. The number of fused-ring (bicyclic) bond motifs is 1. The lowest BCUT2D eigenvalue weighted by atomic mass is 9.95. The van der Waals surface area contributed by atoms with E-state index in [2.05, 4.69) is 29.6 Å². The van der Waals surface area contributed by atoms with E-state index in [0.29, 0.717) is 5.56 Å². The van der Waals surface area contributed by atoms with Gasteiger partial charge >= 0.3 is 0 Å². The van der Waals surface area contributed by atoms with Crippen molar-refractivity contribution in [3.63, 3.8) is 0 Å². The Labute approximate surface area is 152 Å². The maximum Gasteiger partial charge on any atom is 0.244 e. The summed E-state index contributed by atoms with van der Waals surface area (Å²) in [6, 6.07) is 21.3. The molecular weight excluding hydrogens is 324 g/mol. The minimum atomic E-state index is -0.123. The molecule has 1 aliphatic carbocycles. The zero-order valence-corrected chi connectivity index (χ0v) is 14.5. The minimum Gasteiger partial charge on any atom is -0.507 e. The molecule has 3 aromatic carbocycles. The van der Waals surface area contributed by atoms with Crippen LogP contribution in [0.4, 0.5) is 0 Å². The van der Waals surface area contributed by atoms with Gasteiger partial charge in [-0.25, -0.2) is 5.43 Å². The Morgan fingerprint density at radius 2 is 1.85 bits per heavy atom. The number of hydrogen-bond acceptors (Lipinski definition) is 3. The molecule has 0 aromatic heterocycles. The second-order valence-corrected chi connectivity index (χ2v) is 6.99. The monoisotopic (exact) mass is 344 g/mol. The second kappa shape index (κ2) is 6.30. The molecule has 1 fully saturated rings. The van der Waals surface area contributed by atoms with Gasteiger partial charge in [0.1, 0.15) is 5.75 Å². The van der Waals surface area contributed by atoms with Gasteiger partial charge in [-0.2, -0.15) is 5.10 Å². The topological polar surface area (TPSA) is 61.7 Å². The van der Waals surface area contributed by atoms with Crippen LogP contribution in [0.3, 0.4) is 0 Å². The summed E-state index contributed by atoms with van der Waals surface area (Å²) in [5, 5.41) is 16.1. The molecule has 130 valence electrons. The van der Waals surface area contributed by atoms with Gasteiger partial charge in [0.15, 0.2) is 0 Å². The van der Waals surface area contributed by atoms with E-state index in [-0.39, 0.29) is 23.0 Å². The van der Waals surface area contributed by atoms with Crippen molar-refractivity contribution in [3.8, 4) is 5.75 Å². The molecule has 0 unspecified atom stereocenters. The fraction of sp³-hybridized carbons (Fsp3) is 0.182. The summed E-state index contributed by atoms with van der Waals surface area (Å²) in [6.07, 6.45) is 2.33. The predicted molar refractivity (Wildman–Crippen MR) is 103 cm³/mol. The van der Waals surface area contributed by atoms with Gasteiger partial charge in [-0.3, -0.25) is 4.79 Å². The predicted octanol–water partition coefficient (Wildman–Crippen LogP) is 3.97. The summed E-state index contributed by atoms with van der Waals surface area (Å²) in [5.74, 6) is -0.0299. The van der Waals surface area contributed by atoms with Crippen LogP contribution in [-0.4, -0.2) is 17.2 Å². The number of hydrazone groups is 1. The smallest absolute Gasteiger partial charge is 0.244 e. The van der Waals surface area contributed by atoms with Crippen LogP contribution in [0.1, 0.15) is 24.5 Å². The van der Waals surface area contributed by atoms with Crippen molar-refractivity contribution in [2.24, 2.45) is 11.0 Å². The Hall–Kier alpha value is -3.14. The summed E-state index contributed by atoms with van der Waals surface area (Å²) >= 11 is 0. The van der Waals surface area contributed by atoms with E-state index in [0.717, 1.165) is 17.2 Å². The van der Waals surface area contributed by atoms with Crippen molar-refractivity contribution in [1.82, 2.24) is 5.43 Å². The quantitative estimate of drug-likeness (QED) is 0.556. The Kier molecular flexibility index (Phi) is 3.96. The molecule has 4 nitrogen and oxygen atoms in total. The highest BCUT2D eigenvalue weighted by Crippen LogP contribution is 2.53. The number of rotatable bonds is 4. The summed E-state index contributed by atoms with van der Waals surface area (Å²) in [6.45, 7) is 2.10. The molecule has 0 saturated heterocycles. The highest BCUT2D eigenvalue weighted by molar-refractivity contribution is 6.02. The van der Waals surface area contributed by atoms with Crippen LogP contribution in [0.5, 0.6) is 5.75 Å². The average Bonchev–Trinajstić information content (AvgIpc) is 3.37. The third-order valence-electron chi connectivity index (χ3n) is 5.30. The van der Waals surface area contributed by atoms with E-state index < -0.39 is 0 Å². The number of benzene rings is 3. The number of amides is 1. The fourth-order valence-corrected chi connectivity index (χ4v) is 3.54. The number of phenolic OH excluding ortho intramolecular Hbond substituents is 1. The number of hydrogen-bond donors (Lipinski definition) is 2. The third kappa shape index (κ3) is 2.84. The normalized spacial score (nSPS) is 21.8. The zero-order valence-electron chi connectivity index (χ0n) is 14.5. The van der Waals surface area contributed by atoms with Crippen molar-refractivity contribution in [3.05, 3.63) is 77.9 Å². The van der Waals surface area contributed by atoms with Gasteiger partial charge < -0.3 is 5.11 Å². The van der Waals surface area contributed by atoms with Crippen molar-refractivity contribution < 1.29 is 9.90 Å². The lowest BCUT2D eigenvalue weighted by molar-refractivity contribution is -0.122. The van der Waals surface area contributed by atoms with Crippen molar-refractivity contribution in [1.29, 1.82) is 0 Å². The molecule has 2 atom stereocenters. The molecule has 4 rings (SSSR count). The largest absolute Gasteiger partial charge is 0.507 e. The van der Waals surface area contributed by atoms with Crippen LogP contribution >= 0.6 is 0 Å². The summed E-state index contributed by atoms with van der Waals surface area (Å²) in [5.41, 5.74) is 4.29. The van der Waals surface area contributed by atoms with Crippen molar-refractivity contribution in [2.45, 2.75) is 18.8 Å². The molecule has 0 spiro atoms. The molecule has 3 aromatic rings. The van der Waals surface area contributed by atoms with Gasteiger partial charge in [-0.1, -0.05) is 67.6 Å². The highest BCUT2D eigenvalue weighted by Gasteiger charge is 2.55. The molecule has 1 amide bonds. The van der Waals surface area contributed by atoms with E-state index in [1.807, 2.05) is 48.5 Å². The molecule has 4 heteroatoms. The van der Waals surface area contributed by atoms with Gasteiger partial charge in [-0.05, 0) is 28.8 Å². The van der Waals surface area contributed by atoms with Crippen molar-refractivity contribution >= 4 is 22.9 Å². The molecule has 0 heterocycles. The first-order chi connectivity index (χ1) is 12.6. The number of carbonyl (C=O) groups is 1. The van der Waals surface area contributed by atoms with E-state index in [1.54, 1.807) is 6.07 Å².